The number of alkyl halides is 2. The summed E-state index contributed by atoms with van der Waals surface area (Å²) in [6, 6.07) is 12.8. The average Bonchev–Trinajstić information content (AvgIpc) is 3.50. The van der Waals surface area contributed by atoms with Crippen LogP contribution in [0.15, 0.2) is 47.6 Å². The van der Waals surface area contributed by atoms with Crippen LogP contribution in [-0.2, 0) is 11.5 Å². The van der Waals surface area contributed by atoms with Crippen molar-refractivity contribution in [2.75, 3.05) is 17.3 Å². The third kappa shape index (κ3) is 3.55. The summed E-state index contributed by atoms with van der Waals surface area (Å²) in [6.45, 7) is 0.374. The van der Waals surface area contributed by atoms with E-state index in [2.05, 4.69) is 10.1 Å². The first-order valence-electron chi connectivity index (χ1n) is 9.08. The molecule has 12 heteroatoms. The molecule has 0 spiro atoms. The smallest absolute Gasteiger partial charge is 0.282 e. The number of hydrogen-bond donors (Lipinski definition) is 1. The van der Waals surface area contributed by atoms with E-state index >= 15 is 0 Å². The number of anilines is 2. The lowest BCUT2D eigenvalue weighted by Crippen LogP contribution is -2.96. The quantitative estimate of drug-likeness (QED) is 0.457. The zero-order valence-corrected chi connectivity index (χ0v) is 17.5. The molecule has 3 aromatic rings. The van der Waals surface area contributed by atoms with Gasteiger partial charge in [-0.1, -0.05) is 51.4 Å². The fourth-order valence-corrected chi connectivity index (χ4v) is 4.28. The van der Waals surface area contributed by atoms with Gasteiger partial charge in [-0.25, -0.2) is 13.8 Å². The number of methoxy groups -OCH3 is 1. The Morgan fingerprint density at radius 2 is 2.10 bits per heavy atom. The van der Waals surface area contributed by atoms with Crippen LogP contribution in [0.4, 0.5) is 19.6 Å². The average molecular weight is 467 g/mol. The van der Waals surface area contributed by atoms with Crippen molar-refractivity contribution in [1.29, 1.82) is 0 Å². The molecule has 0 aliphatic carbocycles. The molecule has 3 heterocycles. The number of rotatable bonds is 5. The first kappa shape index (κ1) is 19.9. The molecule has 2 aromatic carbocycles. The lowest BCUT2D eigenvalue weighted by molar-refractivity contribution is -0.545. The number of amidine groups is 1. The highest BCUT2D eigenvalue weighted by Crippen LogP contribution is 2.38. The summed E-state index contributed by atoms with van der Waals surface area (Å²) >= 11 is 6.95. The zero-order chi connectivity index (χ0) is 21.5. The molecule has 0 amide bonds. The number of ether oxygens (including phenoxy) is 1. The molecular formula is C19H15ClF2N5O3S+. The lowest BCUT2D eigenvalue weighted by atomic mass is 10.1. The molecule has 0 unspecified atom stereocenters. The summed E-state index contributed by atoms with van der Waals surface area (Å²) in [5.41, 5.74) is 3.50. The van der Waals surface area contributed by atoms with Gasteiger partial charge in [0.05, 0.1) is 12.7 Å². The van der Waals surface area contributed by atoms with Crippen molar-refractivity contribution in [2.45, 2.75) is 13.0 Å². The van der Waals surface area contributed by atoms with E-state index in [9.17, 15) is 8.78 Å². The second-order valence-electron chi connectivity index (χ2n) is 6.54. The minimum atomic E-state index is -2.78. The van der Waals surface area contributed by atoms with Gasteiger partial charge in [0.1, 0.15) is 28.1 Å². The molecule has 1 aromatic heterocycles. The maximum Gasteiger partial charge on any atom is 0.282 e. The van der Waals surface area contributed by atoms with E-state index in [1.54, 1.807) is 35.9 Å². The van der Waals surface area contributed by atoms with E-state index in [0.29, 0.717) is 29.6 Å². The molecule has 0 saturated heterocycles. The van der Waals surface area contributed by atoms with Gasteiger partial charge in [-0.2, -0.15) is 10.3 Å². The number of hydrazine groups is 1. The second-order valence-corrected chi connectivity index (χ2v) is 8.12. The van der Waals surface area contributed by atoms with E-state index < -0.39 is 12.1 Å². The SMILES string of the molecule is COc1ccccc1N1N=C(c2ccc3c(c2)OOC3)[NH2+]N1c1nc(C(F)F)c(Cl)s1. The number of hydrazone groups is 1. The number of quaternary nitrogens is 1. The van der Waals surface area contributed by atoms with Crippen LogP contribution < -0.4 is 25.3 Å². The maximum absolute atomic E-state index is 13.3. The third-order valence-corrected chi connectivity index (χ3v) is 5.95. The Bertz CT molecular complexity index is 1180. The first-order chi connectivity index (χ1) is 15.0. The van der Waals surface area contributed by atoms with Crippen LogP contribution in [0.3, 0.4) is 0 Å². The van der Waals surface area contributed by atoms with Crippen LogP contribution in [-0.4, -0.2) is 17.9 Å². The zero-order valence-electron chi connectivity index (χ0n) is 16.0. The van der Waals surface area contributed by atoms with Gasteiger partial charge >= 0.3 is 0 Å². The Balaban J connectivity index is 1.58. The van der Waals surface area contributed by atoms with Gasteiger partial charge in [-0.3, -0.25) is 0 Å². The van der Waals surface area contributed by atoms with E-state index in [0.717, 1.165) is 22.5 Å². The van der Waals surface area contributed by atoms with Gasteiger partial charge in [0.25, 0.3) is 17.4 Å². The predicted octanol–water partition coefficient (Wildman–Crippen LogP) is 3.65. The molecule has 0 fully saturated rings. The Morgan fingerprint density at radius 1 is 1.26 bits per heavy atom. The topological polar surface area (TPSA) is 76.0 Å². The number of thiazole rings is 1. The molecule has 0 saturated carbocycles. The van der Waals surface area contributed by atoms with Crippen molar-refractivity contribution < 1.29 is 28.7 Å². The minimum Gasteiger partial charge on any atom is -0.494 e. The molecule has 2 aliphatic rings. The van der Waals surface area contributed by atoms with Crippen LogP contribution >= 0.6 is 22.9 Å². The van der Waals surface area contributed by atoms with E-state index in [1.165, 1.54) is 5.12 Å². The van der Waals surface area contributed by atoms with Crippen molar-refractivity contribution >= 4 is 39.6 Å². The Hall–Kier alpha value is -2.99. The van der Waals surface area contributed by atoms with Gasteiger partial charge in [-0.05, 0) is 24.3 Å². The van der Waals surface area contributed by atoms with Gasteiger partial charge in [-0.15, -0.1) is 5.12 Å². The maximum atomic E-state index is 13.3. The number of para-hydroxylation sites is 2. The second kappa shape index (κ2) is 7.93. The minimum absolute atomic E-state index is 0.0742. The van der Waals surface area contributed by atoms with Crippen LogP contribution in [0.2, 0.25) is 4.34 Å². The van der Waals surface area contributed by atoms with Crippen molar-refractivity contribution in [3.05, 3.63) is 63.6 Å². The highest BCUT2D eigenvalue weighted by molar-refractivity contribution is 7.19. The van der Waals surface area contributed by atoms with Gasteiger partial charge in [0, 0.05) is 5.56 Å². The molecule has 0 bridgehead atoms. The normalized spacial score (nSPS) is 15.3. The summed E-state index contributed by atoms with van der Waals surface area (Å²) in [6.07, 6.45) is -2.78. The van der Waals surface area contributed by atoms with Crippen molar-refractivity contribution in [2.24, 2.45) is 5.10 Å². The number of aromatic nitrogens is 1. The number of benzene rings is 2. The molecule has 2 aliphatic heterocycles. The number of fused-ring (bicyclic) bond motifs is 1. The molecule has 5 rings (SSSR count). The number of nitrogens with zero attached hydrogens (tertiary/aromatic N) is 4. The van der Waals surface area contributed by atoms with Gasteiger partial charge in [0.15, 0.2) is 5.75 Å². The molecule has 2 N–H and O–H groups in total. The summed E-state index contributed by atoms with van der Waals surface area (Å²) in [4.78, 5) is 14.2. The molecule has 8 nitrogen and oxygen atoms in total. The summed E-state index contributed by atoms with van der Waals surface area (Å²) in [7, 11) is 1.54. The highest BCUT2D eigenvalue weighted by atomic mass is 35.5. The van der Waals surface area contributed by atoms with Crippen molar-refractivity contribution in [3.63, 3.8) is 0 Å². The van der Waals surface area contributed by atoms with Crippen LogP contribution in [0.25, 0.3) is 0 Å². The number of hydrogen-bond acceptors (Lipinski definition) is 8. The molecule has 0 atom stereocenters. The number of halogens is 3. The Morgan fingerprint density at radius 3 is 2.87 bits per heavy atom. The molecule has 0 radical (unpaired) electrons. The molecule has 160 valence electrons. The van der Waals surface area contributed by atoms with Crippen LogP contribution in [0, 0.1) is 0 Å². The molecular weight excluding hydrogens is 452 g/mol. The number of nitrogens with two attached hydrogens (primary N) is 1. The van der Waals surface area contributed by atoms with Gasteiger partial charge < -0.3 is 9.62 Å². The first-order valence-corrected chi connectivity index (χ1v) is 10.3. The largest absolute Gasteiger partial charge is 0.494 e. The summed E-state index contributed by atoms with van der Waals surface area (Å²) in [5.74, 6) is 1.72. The highest BCUT2D eigenvalue weighted by Gasteiger charge is 2.36. The van der Waals surface area contributed by atoms with Gasteiger partial charge in [0.2, 0.25) is 0 Å². The monoisotopic (exact) mass is 466 g/mol. The van der Waals surface area contributed by atoms with Crippen LogP contribution in [0.5, 0.6) is 11.5 Å². The summed E-state index contributed by atoms with van der Waals surface area (Å²) < 4.78 is 31.9. The fraction of sp³-hybridized carbons (Fsp3) is 0.158. The Kier molecular flexibility index (Phi) is 5.10. The fourth-order valence-electron chi connectivity index (χ4n) is 3.18. The van der Waals surface area contributed by atoms with Crippen LogP contribution in [0.1, 0.15) is 23.2 Å². The van der Waals surface area contributed by atoms with Crippen molar-refractivity contribution in [1.82, 2.24) is 4.98 Å². The van der Waals surface area contributed by atoms with E-state index in [1.807, 2.05) is 24.3 Å². The molecule has 31 heavy (non-hydrogen) atoms. The Labute approximate surface area is 184 Å². The predicted molar refractivity (Wildman–Crippen MR) is 110 cm³/mol. The van der Waals surface area contributed by atoms with E-state index in [-0.39, 0.29) is 9.47 Å². The van der Waals surface area contributed by atoms with Crippen molar-refractivity contribution in [3.8, 4) is 11.5 Å². The summed E-state index contributed by atoms with van der Waals surface area (Å²) in [5, 5.41) is 8.01. The van der Waals surface area contributed by atoms with E-state index in [4.69, 9.17) is 26.1 Å². The standard InChI is InChI=1S/C19H14ClF2N5O3S/c1-28-13-5-3-2-4-12(13)26-24-18(10-6-7-11-9-29-30-14(11)8-10)25-27(26)19-23-15(17(21)22)16(20)31-19/h2-8,17H,9H2,1H3,(H,24,25)/p+1. The lowest BCUT2D eigenvalue weighted by Gasteiger charge is -2.22. The third-order valence-electron chi connectivity index (χ3n) is 4.68.